The zero-order valence-corrected chi connectivity index (χ0v) is 12.6. The van der Waals surface area contributed by atoms with Crippen molar-refractivity contribution in [2.75, 3.05) is 28.4 Å². The molecule has 0 heterocycles. The van der Waals surface area contributed by atoms with Crippen molar-refractivity contribution in [1.82, 2.24) is 5.32 Å². The first-order valence-corrected chi connectivity index (χ1v) is 6.30. The molecule has 0 saturated carbocycles. The Balaban J connectivity index is 2.77. The molecule has 0 bridgehead atoms. The molecule has 1 atom stereocenters. The van der Waals surface area contributed by atoms with Crippen LogP contribution >= 0.6 is 0 Å². The SMILES string of the molecule is COc1cc(CNC(C)C(OC)OC)cc(OC)c1O. The van der Waals surface area contributed by atoms with Gasteiger partial charge in [0.15, 0.2) is 17.8 Å². The molecule has 1 unspecified atom stereocenters. The van der Waals surface area contributed by atoms with Gasteiger partial charge in [0, 0.05) is 20.8 Å². The van der Waals surface area contributed by atoms with E-state index in [0.29, 0.717) is 18.0 Å². The number of rotatable bonds is 8. The van der Waals surface area contributed by atoms with E-state index >= 15 is 0 Å². The Hall–Kier alpha value is -1.50. The van der Waals surface area contributed by atoms with E-state index in [2.05, 4.69) is 5.32 Å². The van der Waals surface area contributed by atoms with Crippen LogP contribution < -0.4 is 14.8 Å². The Morgan fingerprint density at radius 3 is 1.95 bits per heavy atom. The summed E-state index contributed by atoms with van der Waals surface area (Å²) in [4.78, 5) is 0. The van der Waals surface area contributed by atoms with Crippen LogP contribution in [0.1, 0.15) is 12.5 Å². The summed E-state index contributed by atoms with van der Waals surface area (Å²) >= 11 is 0. The fourth-order valence-corrected chi connectivity index (χ4v) is 1.93. The van der Waals surface area contributed by atoms with Crippen LogP contribution in [0.5, 0.6) is 17.2 Å². The Bertz CT molecular complexity index is 395. The molecule has 1 rings (SSSR count). The molecular formula is C14H23NO5. The molecule has 114 valence electrons. The summed E-state index contributed by atoms with van der Waals surface area (Å²) in [6, 6.07) is 3.52. The second kappa shape index (κ2) is 7.94. The summed E-state index contributed by atoms with van der Waals surface area (Å²) in [6.07, 6.45) is -0.323. The molecular weight excluding hydrogens is 262 g/mol. The third kappa shape index (κ3) is 4.00. The molecule has 0 fully saturated rings. The van der Waals surface area contributed by atoms with Crippen LogP contribution in [0, 0.1) is 0 Å². The quantitative estimate of drug-likeness (QED) is 0.706. The molecule has 2 N–H and O–H groups in total. The van der Waals surface area contributed by atoms with Gasteiger partial charge in [-0.25, -0.2) is 0 Å². The maximum Gasteiger partial charge on any atom is 0.200 e. The number of methoxy groups -OCH3 is 4. The van der Waals surface area contributed by atoms with Crippen molar-refractivity contribution < 1.29 is 24.1 Å². The van der Waals surface area contributed by atoms with Gasteiger partial charge in [-0.3, -0.25) is 0 Å². The summed E-state index contributed by atoms with van der Waals surface area (Å²) in [5, 5.41) is 13.1. The van der Waals surface area contributed by atoms with Crippen LogP contribution in [-0.2, 0) is 16.0 Å². The molecule has 0 spiro atoms. The Kier molecular flexibility index (Phi) is 6.57. The predicted octanol–water partition coefficient (Wildman–Crippen LogP) is 1.51. The molecule has 6 heteroatoms. The van der Waals surface area contributed by atoms with E-state index in [0.717, 1.165) is 5.56 Å². The third-order valence-electron chi connectivity index (χ3n) is 3.04. The highest BCUT2D eigenvalue weighted by Gasteiger charge is 2.16. The van der Waals surface area contributed by atoms with Gasteiger partial charge in [0.2, 0.25) is 5.75 Å². The standard InChI is InChI=1S/C14H23NO5/c1-9(14(19-4)20-5)15-8-10-6-11(17-2)13(16)12(7-10)18-3/h6-7,9,14-16H,8H2,1-5H3. The van der Waals surface area contributed by atoms with Gasteiger partial charge in [-0.2, -0.15) is 0 Å². The number of hydrogen-bond acceptors (Lipinski definition) is 6. The van der Waals surface area contributed by atoms with Crippen LogP contribution in [-0.4, -0.2) is 45.9 Å². The van der Waals surface area contributed by atoms with Crippen molar-refractivity contribution in [3.8, 4) is 17.2 Å². The molecule has 0 radical (unpaired) electrons. The number of ether oxygens (including phenoxy) is 4. The van der Waals surface area contributed by atoms with Gasteiger partial charge in [-0.05, 0) is 24.6 Å². The van der Waals surface area contributed by atoms with E-state index < -0.39 is 0 Å². The van der Waals surface area contributed by atoms with Crippen molar-refractivity contribution in [3.05, 3.63) is 17.7 Å². The number of hydrogen-bond donors (Lipinski definition) is 2. The monoisotopic (exact) mass is 285 g/mol. The minimum Gasteiger partial charge on any atom is -0.502 e. The van der Waals surface area contributed by atoms with Gasteiger partial charge in [-0.1, -0.05) is 0 Å². The van der Waals surface area contributed by atoms with E-state index in [1.165, 1.54) is 14.2 Å². The van der Waals surface area contributed by atoms with Crippen LogP contribution in [0.2, 0.25) is 0 Å². The van der Waals surface area contributed by atoms with Crippen LogP contribution in [0.4, 0.5) is 0 Å². The van der Waals surface area contributed by atoms with Crippen molar-refractivity contribution in [3.63, 3.8) is 0 Å². The zero-order chi connectivity index (χ0) is 15.1. The lowest BCUT2D eigenvalue weighted by Gasteiger charge is -2.22. The highest BCUT2D eigenvalue weighted by Crippen LogP contribution is 2.37. The van der Waals surface area contributed by atoms with Crippen LogP contribution in [0.15, 0.2) is 12.1 Å². The number of nitrogens with one attached hydrogen (secondary N) is 1. The van der Waals surface area contributed by atoms with E-state index in [1.807, 2.05) is 6.92 Å². The van der Waals surface area contributed by atoms with Crippen molar-refractivity contribution in [2.45, 2.75) is 25.8 Å². The highest BCUT2D eigenvalue weighted by atomic mass is 16.7. The summed E-state index contributed by atoms with van der Waals surface area (Å²) < 4.78 is 20.6. The predicted molar refractivity (Wildman–Crippen MR) is 75.3 cm³/mol. The third-order valence-corrected chi connectivity index (χ3v) is 3.04. The average molecular weight is 285 g/mol. The zero-order valence-electron chi connectivity index (χ0n) is 12.6. The normalized spacial score (nSPS) is 12.5. The smallest absolute Gasteiger partial charge is 0.200 e. The van der Waals surface area contributed by atoms with Crippen LogP contribution in [0.25, 0.3) is 0 Å². The maximum absolute atomic E-state index is 9.84. The molecule has 0 amide bonds. The summed E-state index contributed by atoms with van der Waals surface area (Å²) in [5.41, 5.74) is 0.925. The summed E-state index contributed by atoms with van der Waals surface area (Å²) in [5.74, 6) is 0.756. The lowest BCUT2D eigenvalue weighted by molar-refractivity contribution is -0.119. The van der Waals surface area contributed by atoms with Gasteiger partial charge in [0.25, 0.3) is 0 Å². The second-order valence-electron chi connectivity index (χ2n) is 4.36. The second-order valence-corrected chi connectivity index (χ2v) is 4.36. The number of benzene rings is 1. The number of phenolic OH excluding ortho intramolecular Hbond substituents is 1. The first kappa shape index (κ1) is 16.6. The van der Waals surface area contributed by atoms with E-state index in [9.17, 15) is 5.11 Å². The molecule has 20 heavy (non-hydrogen) atoms. The maximum atomic E-state index is 9.84. The average Bonchev–Trinajstić information content (AvgIpc) is 2.47. The Morgan fingerprint density at radius 2 is 1.55 bits per heavy atom. The van der Waals surface area contributed by atoms with Crippen molar-refractivity contribution >= 4 is 0 Å². The first-order valence-electron chi connectivity index (χ1n) is 6.30. The van der Waals surface area contributed by atoms with Crippen molar-refractivity contribution in [2.24, 2.45) is 0 Å². The lowest BCUT2D eigenvalue weighted by Crippen LogP contribution is -2.39. The molecule has 6 nitrogen and oxygen atoms in total. The highest BCUT2D eigenvalue weighted by molar-refractivity contribution is 5.52. The fourth-order valence-electron chi connectivity index (χ4n) is 1.93. The van der Waals surface area contributed by atoms with Crippen LogP contribution in [0.3, 0.4) is 0 Å². The Morgan fingerprint density at radius 1 is 1.05 bits per heavy atom. The van der Waals surface area contributed by atoms with Gasteiger partial charge in [0.05, 0.1) is 20.3 Å². The first-order chi connectivity index (χ1) is 9.57. The number of aromatic hydroxyl groups is 1. The van der Waals surface area contributed by atoms with E-state index in [-0.39, 0.29) is 18.1 Å². The molecule has 1 aromatic carbocycles. The van der Waals surface area contributed by atoms with E-state index in [4.69, 9.17) is 18.9 Å². The molecule has 1 aromatic rings. The summed E-state index contributed by atoms with van der Waals surface area (Å²) in [6.45, 7) is 2.53. The Labute approximate surface area is 119 Å². The summed E-state index contributed by atoms with van der Waals surface area (Å²) in [7, 11) is 6.19. The van der Waals surface area contributed by atoms with Gasteiger partial charge < -0.3 is 29.4 Å². The number of phenols is 1. The minimum absolute atomic E-state index is 0.00143. The molecule has 0 saturated heterocycles. The fraction of sp³-hybridized carbons (Fsp3) is 0.571. The van der Waals surface area contributed by atoms with Gasteiger partial charge >= 0.3 is 0 Å². The van der Waals surface area contributed by atoms with Gasteiger partial charge in [-0.15, -0.1) is 0 Å². The largest absolute Gasteiger partial charge is 0.502 e. The topological polar surface area (TPSA) is 69.2 Å². The van der Waals surface area contributed by atoms with Crippen molar-refractivity contribution in [1.29, 1.82) is 0 Å². The van der Waals surface area contributed by atoms with Gasteiger partial charge in [0.1, 0.15) is 0 Å². The molecule has 0 aliphatic rings. The minimum atomic E-state index is -0.323. The molecule has 0 aliphatic heterocycles. The van der Waals surface area contributed by atoms with E-state index in [1.54, 1.807) is 26.4 Å². The molecule has 0 aliphatic carbocycles. The molecule has 0 aromatic heterocycles. The lowest BCUT2D eigenvalue weighted by atomic mass is 10.1.